The number of nitrogens with zero attached hydrogens (tertiary/aromatic N) is 2. The number of fused-ring (bicyclic) bond motifs is 7. The molecule has 2 heteroatoms. The van der Waals surface area contributed by atoms with Crippen molar-refractivity contribution in [1.29, 1.82) is 0 Å². The molecule has 0 unspecified atom stereocenters. The van der Waals surface area contributed by atoms with Crippen molar-refractivity contribution in [3.05, 3.63) is 204 Å². The molecule has 1 aromatic heterocycles. The molecule has 0 spiro atoms. The molecule has 11 rings (SSSR count). The molecule has 0 radical (unpaired) electrons. The zero-order valence-electron chi connectivity index (χ0n) is 33.2. The summed E-state index contributed by atoms with van der Waals surface area (Å²) in [5.41, 5.74) is 20.2. The first-order valence-electron chi connectivity index (χ1n) is 20.3. The molecule has 8 aromatic carbocycles. The van der Waals surface area contributed by atoms with E-state index in [0.717, 1.165) is 33.9 Å². The van der Waals surface area contributed by atoms with E-state index >= 15 is 0 Å². The Hall–Kier alpha value is -6.90. The van der Waals surface area contributed by atoms with E-state index in [-0.39, 0.29) is 10.8 Å². The first-order valence-corrected chi connectivity index (χ1v) is 20.3. The van der Waals surface area contributed by atoms with Crippen LogP contribution in [-0.2, 0) is 10.8 Å². The second-order valence-corrected chi connectivity index (χ2v) is 17.0. The van der Waals surface area contributed by atoms with Crippen LogP contribution in [0.25, 0.3) is 89.2 Å². The SMILES string of the molecule is CC1(C)c2cc(-c3ccccc3)ccc2-c2ccc(-c3cc(-c4ccccc4-c4cccc5c4-c4cc6ccccc6cc4C5(C)C)nc(-c4ccccc4)n3)cc21. The minimum Gasteiger partial charge on any atom is -0.228 e. The second kappa shape index (κ2) is 12.8. The Morgan fingerprint density at radius 1 is 0.310 bits per heavy atom. The highest BCUT2D eigenvalue weighted by molar-refractivity contribution is 6.01. The first-order chi connectivity index (χ1) is 28.3. The van der Waals surface area contributed by atoms with Crippen molar-refractivity contribution in [2.24, 2.45) is 0 Å². The van der Waals surface area contributed by atoms with Crippen molar-refractivity contribution in [3.8, 4) is 78.4 Å². The first kappa shape index (κ1) is 34.4. The molecular weight excluding hydrogens is 701 g/mol. The molecule has 0 atom stereocenters. The van der Waals surface area contributed by atoms with Crippen LogP contribution in [0, 0.1) is 0 Å². The maximum absolute atomic E-state index is 5.35. The third-order valence-electron chi connectivity index (χ3n) is 12.9. The van der Waals surface area contributed by atoms with Crippen LogP contribution in [-0.4, -0.2) is 9.97 Å². The van der Waals surface area contributed by atoms with E-state index in [1.807, 2.05) is 6.07 Å². The Morgan fingerprint density at radius 2 is 0.845 bits per heavy atom. The number of benzene rings is 8. The van der Waals surface area contributed by atoms with Crippen molar-refractivity contribution < 1.29 is 0 Å². The Labute approximate surface area is 340 Å². The lowest BCUT2D eigenvalue weighted by molar-refractivity contribution is 0.661. The molecule has 276 valence electrons. The van der Waals surface area contributed by atoms with Gasteiger partial charge in [-0.05, 0) is 108 Å². The molecule has 58 heavy (non-hydrogen) atoms. The fourth-order valence-electron chi connectivity index (χ4n) is 9.79. The summed E-state index contributed by atoms with van der Waals surface area (Å²) in [6.45, 7) is 9.44. The molecule has 0 bridgehead atoms. The van der Waals surface area contributed by atoms with Gasteiger partial charge in [-0.25, -0.2) is 9.97 Å². The van der Waals surface area contributed by atoms with Crippen LogP contribution in [0.3, 0.4) is 0 Å². The van der Waals surface area contributed by atoms with Crippen molar-refractivity contribution in [3.63, 3.8) is 0 Å². The Balaban J connectivity index is 1.07. The third kappa shape index (κ3) is 5.25. The van der Waals surface area contributed by atoms with Gasteiger partial charge in [0.2, 0.25) is 0 Å². The molecule has 0 saturated heterocycles. The molecular formula is C56H42N2. The van der Waals surface area contributed by atoms with Crippen molar-refractivity contribution in [2.75, 3.05) is 0 Å². The van der Waals surface area contributed by atoms with Crippen molar-refractivity contribution >= 4 is 10.8 Å². The average molecular weight is 743 g/mol. The van der Waals surface area contributed by atoms with Gasteiger partial charge in [-0.1, -0.05) is 179 Å². The largest absolute Gasteiger partial charge is 0.228 e. The lowest BCUT2D eigenvalue weighted by atomic mass is 9.81. The predicted octanol–water partition coefficient (Wildman–Crippen LogP) is 14.6. The van der Waals surface area contributed by atoms with Crippen LogP contribution >= 0.6 is 0 Å². The predicted molar refractivity (Wildman–Crippen MR) is 242 cm³/mol. The van der Waals surface area contributed by atoms with E-state index in [1.165, 1.54) is 77.5 Å². The Bertz CT molecular complexity index is 3100. The molecule has 9 aromatic rings. The Kier molecular flexibility index (Phi) is 7.59. The van der Waals surface area contributed by atoms with Crippen LogP contribution in [0.2, 0.25) is 0 Å². The van der Waals surface area contributed by atoms with Crippen molar-refractivity contribution in [2.45, 2.75) is 38.5 Å². The monoisotopic (exact) mass is 742 g/mol. The van der Waals surface area contributed by atoms with Crippen LogP contribution in [0.15, 0.2) is 182 Å². The summed E-state index contributed by atoms with van der Waals surface area (Å²) >= 11 is 0. The third-order valence-corrected chi connectivity index (χ3v) is 12.9. The number of aromatic nitrogens is 2. The highest BCUT2D eigenvalue weighted by atomic mass is 14.9. The smallest absolute Gasteiger partial charge is 0.160 e. The van der Waals surface area contributed by atoms with Gasteiger partial charge in [-0.2, -0.15) is 0 Å². The molecule has 0 aliphatic heterocycles. The number of rotatable bonds is 5. The van der Waals surface area contributed by atoms with Gasteiger partial charge in [0, 0.05) is 27.5 Å². The van der Waals surface area contributed by atoms with Gasteiger partial charge in [-0.15, -0.1) is 0 Å². The summed E-state index contributed by atoms with van der Waals surface area (Å²) in [4.78, 5) is 10.7. The van der Waals surface area contributed by atoms with Crippen molar-refractivity contribution in [1.82, 2.24) is 9.97 Å². The summed E-state index contributed by atoms with van der Waals surface area (Å²) < 4.78 is 0. The van der Waals surface area contributed by atoms with E-state index in [1.54, 1.807) is 0 Å². The highest BCUT2D eigenvalue weighted by Crippen LogP contribution is 2.54. The normalized spacial score (nSPS) is 14.1. The fourth-order valence-corrected chi connectivity index (χ4v) is 9.79. The van der Waals surface area contributed by atoms with Gasteiger partial charge in [0.05, 0.1) is 11.4 Å². The maximum atomic E-state index is 5.35. The Morgan fingerprint density at radius 3 is 1.57 bits per heavy atom. The van der Waals surface area contributed by atoms with Crippen LogP contribution < -0.4 is 0 Å². The second-order valence-electron chi connectivity index (χ2n) is 17.0. The minimum atomic E-state index is -0.181. The van der Waals surface area contributed by atoms with E-state index in [4.69, 9.17) is 9.97 Å². The van der Waals surface area contributed by atoms with E-state index < -0.39 is 0 Å². The van der Waals surface area contributed by atoms with Crippen LogP contribution in [0.1, 0.15) is 49.9 Å². The van der Waals surface area contributed by atoms with Crippen LogP contribution in [0.5, 0.6) is 0 Å². The fraction of sp³-hybridized carbons (Fsp3) is 0.107. The number of hydrogen-bond donors (Lipinski definition) is 0. The molecule has 0 N–H and O–H groups in total. The van der Waals surface area contributed by atoms with Gasteiger partial charge in [0.1, 0.15) is 0 Å². The lowest BCUT2D eigenvalue weighted by Gasteiger charge is -2.23. The van der Waals surface area contributed by atoms with Gasteiger partial charge in [0.25, 0.3) is 0 Å². The quantitative estimate of drug-likeness (QED) is 0.175. The molecule has 2 nitrogen and oxygen atoms in total. The lowest BCUT2D eigenvalue weighted by Crippen LogP contribution is -2.15. The van der Waals surface area contributed by atoms with Gasteiger partial charge in [0.15, 0.2) is 5.82 Å². The van der Waals surface area contributed by atoms with Gasteiger partial charge in [-0.3, -0.25) is 0 Å². The molecule has 2 aliphatic carbocycles. The average Bonchev–Trinajstić information content (AvgIpc) is 3.64. The molecule has 2 aliphatic rings. The topological polar surface area (TPSA) is 25.8 Å². The van der Waals surface area contributed by atoms with E-state index in [9.17, 15) is 0 Å². The standard InChI is InChI=1S/C56H42N2/c1-55(2)47-25-15-24-45(53(47)46-30-37-20-11-12-21-38(37)31-50(46)55)41-22-13-14-23-44(41)52-34-51(57-54(58-52)36-18-9-6-10-19-36)40-27-29-43-42-28-26-39(35-16-7-5-8-17-35)32-48(42)56(3,4)49(43)33-40/h5-34H,1-4H3. The molecule has 0 fully saturated rings. The van der Waals surface area contributed by atoms with Crippen LogP contribution in [0.4, 0.5) is 0 Å². The zero-order chi connectivity index (χ0) is 39.2. The summed E-state index contributed by atoms with van der Waals surface area (Å²) in [7, 11) is 0. The zero-order valence-corrected chi connectivity index (χ0v) is 33.2. The maximum Gasteiger partial charge on any atom is 0.160 e. The molecule has 0 amide bonds. The van der Waals surface area contributed by atoms with E-state index in [0.29, 0.717) is 0 Å². The number of hydrogen-bond acceptors (Lipinski definition) is 2. The summed E-state index contributed by atoms with van der Waals surface area (Å²) in [5.74, 6) is 0.717. The summed E-state index contributed by atoms with van der Waals surface area (Å²) in [5, 5.41) is 2.54. The van der Waals surface area contributed by atoms with E-state index in [2.05, 4.69) is 204 Å². The molecule has 0 saturated carbocycles. The van der Waals surface area contributed by atoms with Gasteiger partial charge < -0.3 is 0 Å². The summed E-state index contributed by atoms with van der Waals surface area (Å²) in [6.07, 6.45) is 0. The minimum absolute atomic E-state index is 0.133. The highest BCUT2D eigenvalue weighted by Gasteiger charge is 2.38. The van der Waals surface area contributed by atoms with Gasteiger partial charge >= 0.3 is 0 Å². The molecule has 1 heterocycles. The summed E-state index contributed by atoms with van der Waals surface area (Å²) in [6, 6.07) is 66.3.